The highest BCUT2D eigenvalue weighted by molar-refractivity contribution is 7.89. The lowest BCUT2D eigenvalue weighted by atomic mass is 9.95. The number of H-pyrrole nitrogens is 1. The summed E-state index contributed by atoms with van der Waals surface area (Å²) >= 11 is 0. The molecule has 1 atom stereocenters. The minimum Gasteiger partial charge on any atom is -0.462 e. The highest BCUT2D eigenvalue weighted by Gasteiger charge is 2.39. The summed E-state index contributed by atoms with van der Waals surface area (Å²) in [7, 11) is -3.98. The Hall–Kier alpha value is -2.65. The first-order chi connectivity index (χ1) is 15.7. The molecule has 1 saturated heterocycles. The predicted molar refractivity (Wildman–Crippen MR) is 123 cm³/mol. The predicted octanol–water partition coefficient (Wildman–Crippen LogP) is 2.79. The molecular formula is C24H31N3O5S. The summed E-state index contributed by atoms with van der Waals surface area (Å²) in [5, 5.41) is 0. The monoisotopic (exact) mass is 473 g/mol. The summed E-state index contributed by atoms with van der Waals surface area (Å²) < 4.78 is 33.7. The second-order valence-corrected chi connectivity index (χ2v) is 10.7. The molecule has 2 aliphatic rings. The lowest BCUT2D eigenvalue weighted by Crippen LogP contribution is -2.48. The van der Waals surface area contributed by atoms with Gasteiger partial charge >= 0.3 is 5.97 Å². The van der Waals surface area contributed by atoms with E-state index in [0.717, 1.165) is 12.0 Å². The number of rotatable bonds is 5. The molecule has 1 aromatic heterocycles. The van der Waals surface area contributed by atoms with Gasteiger partial charge in [0, 0.05) is 37.6 Å². The van der Waals surface area contributed by atoms with E-state index in [2.05, 4.69) is 11.1 Å². The number of aromatic nitrogens is 1. The van der Waals surface area contributed by atoms with Crippen LogP contribution in [0.5, 0.6) is 0 Å². The molecule has 2 aromatic rings. The molecule has 2 aliphatic heterocycles. The quantitative estimate of drug-likeness (QED) is 0.673. The summed E-state index contributed by atoms with van der Waals surface area (Å²) in [5.41, 5.74) is 3.32. The Morgan fingerprint density at radius 3 is 2.58 bits per heavy atom. The Kier molecular flexibility index (Phi) is 6.63. The zero-order valence-electron chi connectivity index (χ0n) is 19.4. The summed E-state index contributed by atoms with van der Waals surface area (Å²) in [4.78, 5) is 30.6. The van der Waals surface area contributed by atoms with Gasteiger partial charge in [0.05, 0.1) is 12.5 Å². The number of fused-ring (bicyclic) bond motifs is 1. The van der Waals surface area contributed by atoms with Crippen LogP contribution in [0.25, 0.3) is 0 Å². The maximum atomic E-state index is 13.6. The third kappa shape index (κ3) is 4.44. The van der Waals surface area contributed by atoms with Gasteiger partial charge < -0.3 is 14.6 Å². The van der Waals surface area contributed by atoms with Gasteiger partial charge in [-0.15, -0.1) is 0 Å². The highest BCUT2D eigenvalue weighted by atomic mass is 32.2. The van der Waals surface area contributed by atoms with Crippen LogP contribution in [0, 0.1) is 19.8 Å². The van der Waals surface area contributed by atoms with Crippen molar-refractivity contribution in [1.82, 2.24) is 14.2 Å². The molecule has 0 aliphatic carbocycles. The molecule has 9 heteroatoms. The number of carbonyl (C=O) groups is 2. The van der Waals surface area contributed by atoms with E-state index in [1.165, 1.54) is 9.87 Å². The number of aryl methyl sites for hydroxylation is 2. The number of hydrogen-bond donors (Lipinski definition) is 1. The molecule has 3 heterocycles. The Morgan fingerprint density at radius 2 is 1.85 bits per heavy atom. The first kappa shape index (κ1) is 23.5. The van der Waals surface area contributed by atoms with E-state index >= 15 is 0 Å². The molecule has 0 radical (unpaired) electrons. The van der Waals surface area contributed by atoms with E-state index in [4.69, 9.17) is 4.74 Å². The number of aromatic amines is 1. The van der Waals surface area contributed by atoms with Crippen molar-refractivity contribution >= 4 is 21.9 Å². The molecular weight excluding hydrogens is 442 g/mol. The maximum absolute atomic E-state index is 13.6. The van der Waals surface area contributed by atoms with E-state index in [0.29, 0.717) is 43.9 Å². The summed E-state index contributed by atoms with van der Waals surface area (Å²) in [6, 6.07) is 8.12. The number of amides is 1. The Bertz CT molecular complexity index is 1170. The van der Waals surface area contributed by atoms with Gasteiger partial charge in [0.15, 0.2) is 0 Å². The molecule has 1 aromatic carbocycles. The Morgan fingerprint density at radius 1 is 1.12 bits per heavy atom. The van der Waals surface area contributed by atoms with E-state index in [1.54, 1.807) is 20.8 Å². The van der Waals surface area contributed by atoms with Crippen molar-refractivity contribution in [2.45, 2.75) is 51.5 Å². The van der Waals surface area contributed by atoms with Crippen LogP contribution in [0.3, 0.4) is 0 Å². The van der Waals surface area contributed by atoms with E-state index in [9.17, 15) is 18.0 Å². The average Bonchev–Trinajstić information content (AvgIpc) is 3.12. The first-order valence-corrected chi connectivity index (χ1v) is 12.9. The number of nitrogens with zero attached hydrogens (tertiary/aromatic N) is 2. The Labute approximate surface area is 195 Å². The van der Waals surface area contributed by atoms with Crippen LogP contribution in [0.1, 0.15) is 52.6 Å². The number of sulfonamides is 1. The van der Waals surface area contributed by atoms with Crippen molar-refractivity contribution in [3.8, 4) is 0 Å². The van der Waals surface area contributed by atoms with Crippen molar-refractivity contribution in [2.24, 2.45) is 5.92 Å². The fourth-order valence-electron chi connectivity index (χ4n) is 4.96. The molecule has 0 saturated carbocycles. The number of piperidine rings is 1. The topological polar surface area (TPSA) is 99.8 Å². The molecule has 0 bridgehead atoms. The summed E-state index contributed by atoms with van der Waals surface area (Å²) in [6.45, 7) is 6.77. The zero-order chi connectivity index (χ0) is 23.8. The molecule has 33 heavy (non-hydrogen) atoms. The third-order valence-corrected chi connectivity index (χ3v) is 8.61. The largest absolute Gasteiger partial charge is 0.462 e. The van der Waals surface area contributed by atoms with Crippen LogP contribution >= 0.6 is 0 Å². The second-order valence-electron chi connectivity index (χ2n) is 8.78. The van der Waals surface area contributed by atoms with Gasteiger partial charge in [-0.1, -0.05) is 24.3 Å². The van der Waals surface area contributed by atoms with Crippen LogP contribution in [0.4, 0.5) is 0 Å². The number of nitrogens with one attached hydrogen (secondary N) is 1. The van der Waals surface area contributed by atoms with Gasteiger partial charge in [0.25, 0.3) is 0 Å². The van der Waals surface area contributed by atoms with Crippen LogP contribution < -0.4 is 0 Å². The van der Waals surface area contributed by atoms with Crippen LogP contribution in [-0.4, -0.2) is 60.7 Å². The van der Waals surface area contributed by atoms with Gasteiger partial charge in [-0.2, -0.15) is 4.31 Å². The molecule has 0 unspecified atom stereocenters. The second kappa shape index (κ2) is 9.30. The van der Waals surface area contributed by atoms with Gasteiger partial charge in [-0.05, 0) is 51.2 Å². The number of hydrogen-bond acceptors (Lipinski definition) is 5. The lowest BCUT2D eigenvalue weighted by molar-refractivity contribution is -0.137. The summed E-state index contributed by atoms with van der Waals surface area (Å²) in [5.74, 6) is -1.06. The van der Waals surface area contributed by atoms with Gasteiger partial charge in [0.2, 0.25) is 15.9 Å². The van der Waals surface area contributed by atoms with E-state index < -0.39 is 21.9 Å². The van der Waals surface area contributed by atoms with E-state index in [1.807, 2.05) is 23.1 Å². The van der Waals surface area contributed by atoms with Crippen LogP contribution in [0.2, 0.25) is 0 Å². The molecule has 4 rings (SSSR count). The van der Waals surface area contributed by atoms with E-state index in [-0.39, 0.29) is 29.5 Å². The fraction of sp³-hybridized carbons (Fsp3) is 0.500. The fourth-order valence-corrected chi connectivity index (χ4v) is 6.90. The minimum absolute atomic E-state index is 0.00279. The molecule has 178 valence electrons. The molecule has 1 N–H and O–H groups in total. The van der Waals surface area contributed by atoms with Crippen LogP contribution in [-0.2, 0) is 32.5 Å². The first-order valence-electron chi connectivity index (χ1n) is 11.5. The van der Waals surface area contributed by atoms with Crippen molar-refractivity contribution in [3.05, 3.63) is 52.3 Å². The normalized spacial score (nSPS) is 19.2. The van der Waals surface area contributed by atoms with Crippen molar-refractivity contribution < 1.29 is 22.7 Å². The van der Waals surface area contributed by atoms with Gasteiger partial charge in [-0.3, -0.25) is 4.79 Å². The van der Waals surface area contributed by atoms with Crippen molar-refractivity contribution in [3.63, 3.8) is 0 Å². The number of carbonyl (C=O) groups excluding carboxylic acids is 2. The van der Waals surface area contributed by atoms with Gasteiger partial charge in [-0.25, -0.2) is 13.2 Å². The number of benzene rings is 1. The third-order valence-electron chi connectivity index (χ3n) is 6.57. The average molecular weight is 474 g/mol. The zero-order valence-corrected chi connectivity index (χ0v) is 20.2. The molecule has 8 nitrogen and oxygen atoms in total. The highest BCUT2D eigenvalue weighted by Crippen LogP contribution is 2.31. The maximum Gasteiger partial charge on any atom is 0.341 e. The Balaban J connectivity index is 1.55. The van der Waals surface area contributed by atoms with Crippen molar-refractivity contribution in [1.29, 1.82) is 0 Å². The van der Waals surface area contributed by atoms with Crippen LogP contribution in [0.15, 0.2) is 29.2 Å². The SMILES string of the molecule is CCOC(=O)c1c(C)[nH]c(C)c1S(=O)(=O)N1CCC[C@H](C(=O)N2CCc3ccccc3C2)C1. The molecule has 0 spiro atoms. The number of ether oxygens (including phenoxy) is 1. The minimum atomic E-state index is -3.98. The molecule has 1 amide bonds. The number of esters is 1. The summed E-state index contributed by atoms with van der Waals surface area (Å²) in [6.07, 6.45) is 2.05. The molecule has 1 fully saturated rings. The van der Waals surface area contributed by atoms with Crippen molar-refractivity contribution in [2.75, 3.05) is 26.2 Å². The van der Waals surface area contributed by atoms with Gasteiger partial charge in [0.1, 0.15) is 10.5 Å². The lowest BCUT2D eigenvalue weighted by Gasteiger charge is -2.36. The standard InChI is InChI=1S/C24H31N3O5S/c1-4-32-24(29)21-16(2)25-17(3)22(21)33(30,31)27-12-7-10-20(15-27)23(28)26-13-11-18-8-5-6-9-19(18)14-26/h5-6,8-9,20,25H,4,7,10-15H2,1-3H3/t20-/m0/s1. The smallest absolute Gasteiger partial charge is 0.341 e.